The molecular weight excluding hydrogens is 268 g/mol. The zero-order valence-electron chi connectivity index (χ0n) is 11.9. The largest absolute Gasteiger partial charge is 0.341 e. The first kappa shape index (κ1) is 13.5. The minimum atomic E-state index is -0.377. The van der Waals surface area contributed by atoms with Crippen molar-refractivity contribution in [1.29, 1.82) is 0 Å². The van der Waals surface area contributed by atoms with Crippen molar-refractivity contribution >= 4 is 17.5 Å². The lowest BCUT2D eigenvalue weighted by Crippen LogP contribution is -2.24. The van der Waals surface area contributed by atoms with Crippen molar-refractivity contribution in [1.82, 2.24) is 19.7 Å². The van der Waals surface area contributed by atoms with Gasteiger partial charge in [0.2, 0.25) is 11.9 Å². The van der Waals surface area contributed by atoms with Crippen LogP contribution in [-0.2, 0) is 4.79 Å². The first-order valence-corrected chi connectivity index (χ1v) is 7.11. The highest BCUT2D eigenvalue weighted by Gasteiger charge is 2.17. The molecule has 110 valence electrons. The third-order valence-corrected chi connectivity index (χ3v) is 3.60. The van der Waals surface area contributed by atoms with Crippen molar-refractivity contribution in [2.24, 2.45) is 0 Å². The van der Waals surface area contributed by atoms with Crippen molar-refractivity contribution in [3.63, 3.8) is 0 Å². The summed E-state index contributed by atoms with van der Waals surface area (Å²) in [6.45, 7) is 3.80. The Kier molecular flexibility index (Phi) is 3.81. The number of hydrogen-bond acceptors (Lipinski definition) is 5. The van der Waals surface area contributed by atoms with Crippen molar-refractivity contribution < 1.29 is 4.79 Å². The summed E-state index contributed by atoms with van der Waals surface area (Å²) in [5.41, 5.74) is 0.599. The number of carbonyl (C=O) groups is 1. The van der Waals surface area contributed by atoms with E-state index in [1.165, 1.54) is 12.8 Å². The molecule has 1 aliphatic heterocycles. The first-order valence-electron chi connectivity index (χ1n) is 7.11. The molecule has 1 fully saturated rings. The van der Waals surface area contributed by atoms with Crippen LogP contribution in [0.15, 0.2) is 30.9 Å². The molecule has 0 aliphatic carbocycles. The molecule has 3 heterocycles. The molecule has 2 aromatic heterocycles. The van der Waals surface area contributed by atoms with Crippen LogP contribution in [0.3, 0.4) is 0 Å². The van der Waals surface area contributed by atoms with E-state index in [1.54, 1.807) is 42.5 Å². The van der Waals surface area contributed by atoms with Gasteiger partial charge < -0.3 is 10.2 Å². The molecule has 3 rings (SSSR count). The topological polar surface area (TPSA) is 75.9 Å². The van der Waals surface area contributed by atoms with Crippen LogP contribution in [0, 0.1) is 0 Å². The van der Waals surface area contributed by atoms with E-state index in [0.29, 0.717) is 5.69 Å². The minimum Gasteiger partial charge on any atom is -0.341 e. The Balaban J connectivity index is 1.63. The summed E-state index contributed by atoms with van der Waals surface area (Å²) >= 11 is 0. The van der Waals surface area contributed by atoms with Crippen LogP contribution in [0.2, 0.25) is 0 Å². The smallest absolute Gasteiger partial charge is 0.249 e. The van der Waals surface area contributed by atoms with E-state index in [9.17, 15) is 4.79 Å². The fraction of sp³-hybridized carbons (Fsp3) is 0.429. The molecule has 21 heavy (non-hydrogen) atoms. The van der Waals surface area contributed by atoms with Gasteiger partial charge in [0.25, 0.3) is 0 Å². The fourth-order valence-corrected chi connectivity index (χ4v) is 2.34. The molecule has 7 heteroatoms. The molecule has 2 aromatic rings. The molecular formula is C14H18N6O. The maximum atomic E-state index is 12.1. The average Bonchev–Trinajstić information content (AvgIpc) is 3.20. The number of carbonyl (C=O) groups excluding carboxylic acids is 1. The summed E-state index contributed by atoms with van der Waals surface area (Å²) in [7, 11) is 0. The zero-order chi connectivity index (χ0) is 14.7. The van der Waals surface area contributed by atoms with Gasteiger partial charge in [-0.1, -0.05) is 0 Å². The monoisotopic (exact) mass is 286 g/mol. The van der Waals surface area contributed by atoms with Crippen LogP contribution in [0.5, 0.6) is 0 Å². The molecule has 0 bridgehead atoms. The van der Waals surface area contributed by atoms with Crippen LogP contribution in [0.25, 0.3) is 0 Å². The van der Waals surface area contributed by atoms with E-state index in [4.69, 9.17) is 0 Å². The van der Waals surface area contributed by atoms with Crippen molar-refractivity contribution in [2.45, 2.75) is 25.8 Å². The summed E-state index contributed by atoms with van der Waals surface area (Å²) in [6.07, 6.45) is 9.07. The van der Waals surface area contributed by atoms with Gasteiger partial charge >= 0.3 is 0 Å². The summed E-state index contributed by atoms with van der Waals surface area (Å²) in [5.74, 6) is 0.585. The molecule has 0 radical (unpaired) electrons. The van der Waals surface area contributed by atoms with Gasteiger partial charge in [-0.15, -0.1) is 0 Å². The van der Waals surface area contributed by atoms with Gasteiger partial charge in [0.05, 0.1) is 18.1 Å². The Bertz CT molecular complexity index is 588. The van der Waals surface area contributed by atoms with Crippen LogP contribution >= 0.6 is 0 Å². The van der Waals surface area contributed by atoms with E-state index < -0.39 is 0 Å². The summed E-state index contributed by atoms with van der Waals surface area (Å²) in [4.78, 5) is 22.9. The Morgan fingerprint density at radius 3 is 2.62 bits per heavy atom. The molecule has 0 spiro atoms. The third kappa shape index (κ3) is 3.01. The molecule has 1 unspecified atom stereocenters. The maximum Gasteiger partial charge on any atom is 0.249 e. The van der Waals surface area contributed by atoms with Gasteiger partial charge in [-0.05, 0) is 25.8 Å². The Morgan fingerprint density at radius 1 is 1.29 bits per heavy atom. The fourth-order valence-electron chi connectivity index (χ4n) is 2.34. The third-order valence-electron chi connectivity index (χ3n) is 3.60. The normalized spacial score (nSPS) is 16.0. The highest BCUT2D eigenvalue weighted by atomic mass is 16.2. The number of aromatic nitrogens is 4. The van der Waals surface area contributed by atoms with Crippen LogP contribution in [0.4, 0.5) is 11.6 Å². The molecule has 7 nitrogen and oxygen atoms in total. The first-order chi connectivity index (χ1) is 10.2. The average molecular weight is 286 g/mol. The number of nitrogens with zero attached hydrogens (tertiary/aromatic N) is 5. The second kappa shape index (κ2) is 5.90. The van der Waals surface area contributed by atoms with Crippen molar-refractivity contribution in [2.75, 3.05) is 23.3 Å². The van der Waals surface area contributed by atoms with Gasteiger partial charge in [0.1, 0.15) is 6.04 Å². The molecule has 1 amide bonds. The van der Waals surface area contributed by atoms with Gasteiger partial charge in [-0.3, -0.25) is 9.48 Å². The highest BCUT2D eigenvalue weighted by Crippen LogP contribution is 2.16. The number of hydrogen-bond donors (Lipinski definition) is 1. The summed E-state index contributed by atoms with van der Waals surface area (Å²) < 4.78 is 1.61. The van der Waals surface area contributed by atoms with Gasteiger partial charge in [0, 0.05) is 25.5 Å². The lowest BCUT2D eigenvalue weighted by Gasteiger charge is -2.15. The van der Waals surface area contributed by atoms with E-state index in [2.05, 4.69) is 25.3 Å². The van der Waals surface area contributed by atoms with Crippen molar-refractivity contribution in [3.8, 4) is 0 Å². The molecule has 1 atom stereocenters. The second-order valence-electron chi connectivity index (χ2n) is 5.12. The van der Waals surface area contributed by atoms with Crippen LogP contribution in [-0.4, -0.2) is 38.7 Å². The number of rotatable bonds is 4. The SMILES string of the molecule is CC(C(=O)Nc1cnc(N2CCCC2)nc1)n1cccn1. The van der Waals surface area contributed by atoms with Crippen LogP contribution < -0.4 is 10.2 Å². The Morgan fingerprint density at radius 2 is 2.00 bits per heavy atom. The standard InChI is InChI=1S/C14H18N6O/c1-11(20-8-4-5-17-20)13(21)18-12-9-15-14(16-10-12)19-6-2-3-7-19/h4-5,8-11H,2-3,6-7H2,1H3,(H,18,21). The van der Waals surface area contributed by atoms with Gasteiger partial charge in [-0.25, -0.2) is 9.97 Å². The Hall–Kier alpha value is -2.44. The maximum absolute atomic E-state index is 12.1. The summed E-state index contributed by atoms with van der Waals surface area (Å²) in [5, 5.41) is 6.87. The number of nitrogens with one attached hydrogen (secondary N) is 1. The second-order valence-corrected chi connectivity index (χ2v) is 5.12. The number of amides is 1. The molecule has 1 N–H and O–H groups in total. The predicted molar refractivity (Wildman–Crippen MR) is 79.0 cm³/mol. The quantitative estimate of drug-likeness (QED) is 0.921. The summed E-state index contributed by atoms with van der Waals surface area (Å²) in [6, 6.07) is 1.41. The lowest BCUT2D eigenvalue weighted by molar-refractivity contribution is -0.119. The minimum absolute atomic E-state index is 0.142. The lowest BCUT2D eigenvalue weighted by atomic mass is 10.3. The predicted octanol–water partition coefficient (Wildman–Crippen LogP) is 1.47. The highest BCUT2D eigenvalue weighted by molar-refractivity contribution is 5.93. The molecule has 1 aliphatic rings. The van der Waals surface area contributed by atoms with E-state index in [0.717, 1.165) is 19.0 Å². The van der Waals surface area contributed by atoms with Crippen molar-refractivity contribution in [3.05, 3.63) is 30.9 Å². The Labute approximate surface area is 123 Å². The van der Waals surface area contributed by atoms with Gasteiger partial charge in [0.15, 0.2) is 0 Å². The zero-order valence-corrected chi connectivity index (χ0v) is 11.9. The van der Waals surface area contributed by atoms with E-state index in [-0.39, 0.29) is 11.9 Å². The molecule has 0 saturated carbocycles. The number of anilines is 2. The molecule has 0 aromatic carbocycles. The van der Waals surface area contributed by atoms with Gasteiger partial charge in [-0.2, -0.15) is 5.10 Å². The van der Waals surface area contributed by atoms with Crippen LogP contribution in [0.1, 0.15) is 25.8 Å². The molecule has 1 saturated heterocycles. The van der Waals surface area contributed by atoms with E-state index in [1.807, 2.05) is 0 Å². The van der Waals surface area contributed by atoms with E-state index >= 15 is 0 Å².